The van der Waals surface area contributed by atoms with E-state index in [0.29, 0.717) is 6.54 Å². The van der Waals surface area contributed by atoms with Gasteiger partial charge in [-0.3, -0.25) is 0 Å². The number of urea groups is 1. The average Bonchev–Trinajstić information content (AvgIpc) is 2.93. The fourth-order valence-electron chi connectivity index (χ4n) is 2.54. The molecule has 0 heterocycles. The summed E-state index contributed by atoms with van der Waals surface area (Å²) in [6.45, 7) is 4.55. The molecule has 1 aliphatic rings. The Labute approximate surface area is 130 Å². The molecular weight excluding hydrogens is 283 g/mol. The van der Waals surface area contributed by atoms with E-state index in [2.05, 4.69) is 10.6 Å². The Balaban J connectivity index is 1.82. The number of hydrogen-bond acceptors (Lipinski definition) is 2. The van der Waals surface area contributed by atoms with Crippen molar-refractivity contribution in [2.24, 2.45) is 5.92 Å². The average molecular weight is 306 g/mol. The fraction of sp³-hybridized carbons (Fsp3) is 0.471. The SMILES string of the molecule is CC(C)(CNC(=O)N[C@@H]1C=C[C@H](CO)C1)c1ccc(F)cc1. The molecule has 0 saturated heterocycles. The molecule has 2 rings (SSSR count). The number of hydrogen-bond donors (Lipinski definition) is 3. The lowest BCUT2D eigenvalue weighted by Gasteiger charge is -2.26. The molecule has 2 atom stereocenters. The molecule has 0 fully saturated rings. The van der Waals surface area contributed by atoms with Gasteiger partial charge >= 0.3 is 6.03 Å². The Hall–Kier alpha value is -1.88. The molecule has 4 nitrogen and oxygen atoms in total. The van der Waals surface area contributed by atoms with Gasteiger partial charge in [0, 0.05) is 30.5 Å². The number of carbonyl (C=O) groups excluding carboxylic acids is 1. The zero-order valence-electron chi connectivity index (χ0n) is 13.0. The maximum absolute atomic E-state index is 13.0. The first-order valence-corrected chi connectivity index (χ1v) is 7.50. The Morgan fingerprint density at radius 3 is 2.59 bits per heavy atom. The summed E-state index contributed by atoms with van der Waals surface area (Å²) >= 11 is 0. The monoisotopic (exact) mass is 306 g/mol. The van der Waals surface area contributed by atoms with Crippen LogP contribution in [0.2, 0.25) is 0 Å². The molecule has 0 unspecified atom stereocenters. The van der Waals surface area contributed by atoms with E-state index in [4.69, 9.17) is 5.11 Å². The number of aliphatic hydroxyl groups is 1. The van der Waals surface area contributed by atoms with Gasteiger partial charge in [0.15, 0.2) is 0 Å². The molecule has 0 aromatic heterocycles. The third-order valence-electron chi connectivity index (χ3n) is 4.04. The van der Waals surface area contributed by atoms with E-state index in [1.54, 1.807) is 12.1 Å². The van der Waals surface area contributed by atoms with Gasteiger partial charge in [0.1, 0.15) is 5.82 Å². The maximum Gasteiger partial charge on any atom is 0.315 e. The first-order valence-electron chi connectivity index (χ1n) is 7.50. The van der Waals surface area contributed by atoms with Crippen LogP contribution < -0.4 is 10.6 Å². The predicted molar refractivity (Wildman–Crippen MR) is 84.1 cm³/mol. The zero-order valence-corrected chi connectivity index (χ0v) is 13.0. The molecular formula is C17H23FN2O2. The molecule has 1 aliphatic carbocycles. The molecule has 120 valence electrons. The van der Waals surface area contributed by atoms with E-state index in [0.717, 1.165) is 12.0 Å². The van der Waals surface area contributed by atoms with Crippen LogP contribution in [-0.2, 0) is 5.41 Å². The number of aliphatic hydroxyl groups excluding tert-OH is 1. The van der Waals surface area contributed by atoms with Gasteiger partial charge < -0.3 is 15.7 Å². The first-order chi connectivity index (χ1) is 10.4. The van der Waals surface area contributed by atoms with Crippen LogP contribution in [0, 0.1) is 11.7 Å². The lowest BCUT2D eigenvalue weighted by Crippen LogP contribution is -2.45. The quantitative estimate of drug-likeness (QED) is 0.731. The highest BCUT2D eigenvalue weighted by Gasteiger charge is 2.23. The van der Waals surface area contributed by atoms with Gasteiger partial charge in [-0.25, -0.2) is 9.18 Å². The molecule has 22 heavy (non-hydrogen) atoms. The third-order valence-corrected chi connectivity index (χ3v) is 4.04. The third kappa shape index (κ3) is 4.31. The number of halogens is 1. The second kappa shape index (κ2) is 6.92. The van der Waals surface area contributed by atoms with Crippen molar-refractivity contribution in [1.82, 2.24) is 10.6 Å². The Morgan fingerprint density at radius 1 is 1.32 bits per heavy atom. The van der Waals surface area contributed by atoms with Crippen molar-refractivity contribution in [3.63, 3.8) is 0 Å². The van der Waals surface area contributed by atoms with Crippen LogP contribution in [0.25, 0.3) is 0 Å². The van der Waals surface area contributed by atoms with Gasteiger partial charge in [-0.15, -0.1) is 0 Å². The van der Waals surface area contributed by atoms with E-state index in [-0.39, 0.29) is 35.8 Å². The van der Waals surface area contributed by atoms with Gasteiger partial charge in [0.25, 0.3) is 0 Å². The predicted octanol–water partition coefficient (Wildman–Crippen LogP) is 2.34. The molecule has 3 N–H and O–H groups in total. The number of nitrogens with one attached hydrogen (secondary N) is 2. The van der Waals surface area contributed by atoms with Gasteiger partial charge in [0.05, 0.1) is 0 Å². The highest BCUT2D eigenvalue weighted by atomic mass is 19.1. The fourth-order valence-corrected chi connectivity index (χ4v) is 2.54. The van der Waals surface area contributed by atoms with E-state index >= 15 is 0 Å². The standard InChI is InChI=1S/C17H23FN2O2/c1-17(2,13-4-6-14(18)7-5-13)11-19-16(22)20-15-8-3-12(9-15)10-21/h3-8,12,15,21H,9-11H2,1-2H3,(H2,19,20,22)/t12-,15+/m0/s1. The molecule has 1 aromatic carbocycles. The molecule has 0 saturated carbocycles. The summed E-state index contributed by atoms with van der Waals surface area (Å²) in [4.78, 5) is 11.9. The normalized spacial score (nSPS) is 20.9. The zero-order chi connectivity index (χ0) is 16.2. The number of carbonyl (C=O) groups is 1. The van der Waals surface area contributed by atoms with Gasteiger partial charge in [-0.1, -0.05) is 38.1 Å². The van der Waals surface area contributed by atoms with Crippen LogP contribution in [0.1, 0.15) is 25.8 Å². The lowest BCUT2D eigenvalue weighted by molar-refractivity contribution is 0.229. The van der Waals surface area contributed by atoms with Crippen LogP contribution in [-0.4, -0.2) is 30.3 Å². The second-order valence-corrected chi connectivity index (χ2v) is 6.39. The van der Waals surface area contributed by atoms with E-state index in [9.17, 15) is 9.18 Å². The molecule has 0 spiro atoms. The van der Waals surface area contributed by atoms with E-state index in [1.165, 1.54) is 12.1 Å². The van der Waals surface area contributed by atoms with Gasteiger partial charge in [-0.2, -0.15) is 0 Å². The highest BCUT2D eigenvalue weighted by molar-refractivity contribution is 5.74. The highest BCUT2D eigenvalue weighted by Crippen LogP contribution is 2.22. The second-order valence-electron chi connectivity index (χ2n) is 6.39. The number of amides is 2. The van der Waals surface area contributed by atoms with Crippen LogP contribution >= 0.6 is 0 Å². The largest absolute Gasteiger partial charge is 0.396 e. The van der Waals surface area contributed by atoms with Crippen molar-refractivity contribution < 1.29 is 14.3 Å². The van der Waals surface area contributed by atoms with Crippen LogP contribution in [0.5, 0.6) is 0 Å². The van der Waals surface area contributed by atoms with Crippen LogP contribution in [0.4, 0.5) is 9.18 Å². The van der Waals surface area contributed by atoms with E-state index < -0.39 is 0 Å². The summed E-state index contributed by atoms with van der Waals surface area (Å²) in [5.41, 5.74) is 0.680. The Bertz CT molecular complexity index is 540. The summed E-state index contributed by atoms with van der Waals surface area (Å²) in [5, 5.41) is 14.8. The number of benzene rings is 1. The molecule has 0 radical (unpaired) electrons. The van der Waals surface area contributed by atoms with Crippen molar-refractivity contribution in [2.45, 2.75) is 31.7 Å². The minimum Gasteiger partial charge on any atom is -0.396 e. The molecule has 5 heteroatoms. The van der Waals surface area contributed by atoms with Crippen molar-refractivity contribution >= 4 is 6.03 Å². The minimum absolute atomic E-state index is 0.0360. The molecule has 0 bridgehead atoms. The maximum atomic E-state index is 13.0. The summed E-state index contributed by atoms with van der Waals surface area (Å²) in [6, 6.07) is 6.06. The molecule has 1 aromatic rings. The smallest absolute Gasteiger partial charge is 0.315 e. The lowest BCUT2D eigenvalue weighted by atomic mass is 9.84. The van der Waals surface area contributed by atoms with Gasteiger partial charge in [-0.05, 0) is 24.1 Å². The summed E-state index contributed by atoms with van der Waals surface area (Å²) in [6.07, 6.45) is 4.56. The number of rotatable bonds is 5. The van der Waals surface area contributed by atoms with Crippen LogP contribution in [0.15, 0.2) is 36.4 Å². The topological polar surface area (TPSA) is 61.4 Å². The van der Waals surface area contributed by atoms with Crippen molar-refractivity contribution in [2.75, 3.05) is 13.2 Å². The summed E-state index contributed by atoms with van der Waals surface area (Å²) < 4.78 is 13.0. The van der Waals surface area contributed by atoms with E-state index in [1.807, 2.05) is 26.0 Å². The summed E-state index contributed by atoms with van der Waals surface area (Å²) in [5.74, 6) is -0.141. The Morgan fingerprint density at radius 2 is 2.00 bits per heavy atom. The minimum atomic E-state index is -0.288. The molecule has 0 aliphatic heterocycles. The van der Waals surface area contributed by atoms with Crippen molar-refractivity contribution in [3.05, 3.63) is 47.8 Å². The Kier molecular flexibility index (Phi) is 5.19. The van der Waals surface area contributed by atoms with Crippen molar-refractivity contribution in [1.29, 1.82) is 0 Å². The van der Waals surface area contributed by atoms with Crippen LogP contribution in [0.3, 0.4) is 0 Å². The first kappa shape index (κ1) is 16.5. The summed E-state index contributed by atoms with van der Waals surface area (Å²) in [7, 11) is 0. The molecule has 2 amide bonds. The van der Waals surface area contributed by atoms with Crippen molar-refractivity contribution in [3.8, 4) is 0 Å². The van der Waals surface area contributed by atoms with Gasteiger partial charge in [0.2, 0.25) is 0 Å².